The predicted octanol–water partition coefficient (Wildman–Crippen LogP) is 18.9. The van der Waals surface area contributed by atoms with Crippen molar-refractivity contribution in [3.8, 4) is 0 Å². The molecule has 0 fully saturated rings. The van der Waals surface area contributed by atoms with Crippen molar-refractivity contribution in [2.45, 2.75) is 309 Å². The number of rotatable bonds is 58. The molecule has 0 radical (unpaired) electrons. The van der Waals surface area contributed by atoms with E-state index in [-0.39, 0.29) is 32.0 Å². The second-order valence-corrected chi connectivity index (χ2v) is 23.8. The number of unbranched alkanes of at least 4 members (excludes halogenated alkanes) is 38. The van der Waals surface area contributed by atoms with E-state index in [4.69, 9.17) is 18.5 Å². The van der Waals surface area contributed by atoms with Gasteiger partial charge in [0.15, 0.2) is 6.10 Å². The Bertz CT molecular complexity index is 1330. The Morgan fingerprint density at radius 2 is 0.753 bits per heavy atom. The molecule has 0 N–H and O–H groups in total. The molecule has 0 aliphatic heterocycles. The van der Waals surface area contributed by atoms with Gasteiger partial charge in [-0.3, -0.25) is 14.2 Å². The number of phosphoric ester groups is 1. The van der Waals surface area contributed by atoms with Crippen molar-refractivity contribution < 1.29 is 42.1 Å². The maximum absolute atomic E-state index is 12.7. The second kappa shape index (κ2) is 55.0. The van der Waals surface area contributed by atoms with Crippen LogP contribution in [0.4, 0.5) is 0 Å². The fourth-order valence-electron chi connectivity index (χ4n) is 9.02. The number of phosphoric acid groups is 1. The fraction of sp³-hybridized carbons (Fsp3) is 0.873. The van der Waals surface area contributed by atoms with Gasteiger partial charge in [0.05, 0.1) is 27.7 Å². The molecule has 0 aromatic carbocycles. The zero-order valence-corrected chi connectivity index (χ0v) is 49.7. The molecule has 0 amide bonds. The second-order valence-electron chi connectivity index (χ2n) is 22.4. The first kappa shape index (κ1) is 71.2. The zero-order chi connectivity index (χ0) is 53.5. The fourth-order valence-corrected chi connectivity index (χ4v) is 9.75. The molecule has 9 nitrogen and oxygen atoms in total. The van der Waals surface area contributed by atoms with Crippen molar-refractivity contribution in [3.05, 3.63) is 36.5 Å². The van der Waals surface area contributed by atoms with E-state index >= 15 is 0 Å². The first-order valence-electron chi connectivity index (χ1n) is 31.2. The van der Waals surface area contributed by atoms with E-state index in [0.29, 0.717) is 17.4 Å². The first-order valence-corrected chi connectivity index (χ1v) is 32.7. The van der Waals surface area contributed by atoms with Crippen LogP contribution < -0.4 is 4.89 Å². The summed E-state index contributed by atoms with van der Waals surface area (Å²) in [5, 5.41) is 0. The zero-order valence-electron chi connectivity index (χ0n) is 48.9. The summed E-state index contributed by atoms with van der Waals surface area (Å²) in [7, 11) is 1.17. The molecular formula is C63H120NO8P. The Labute approximate surface area is 452 Å². The van der Waals surface area contributed by atoms with Crippen LogP contribution in [-0.4, -0.2) is 70.0 Å². The lowest BCUT2D eigenvalue weighted by molar-refractivity contribution is -0.870. The van der Waals surface area contributed by atoms with E-state index in [1.807, 2.05) is 21.1 Å². The van der Waals surface area contributed by atoms with E-state index in [2.05, 4.69) is 50.3 Å². The minimum Gasteiger partial charge on any atom is -0.756 e. The molecule has 0 saturated heterocycles. The summed E-state index contributed by atoms with van der Waals surface area (Å²) in [4.78, 5) is 37.8. The maximum Gasteiger partial charge on any atom is 0.306 e. The Hall–Kier alpha value is -1.77. The Morgan fingerprint density at radius 1 is 0.425 bits per heavy atom. The molecule has 0 aromatic rings. The number of hydrogen-bond acceptors (Lipinski definition) is 8. The van der Waals surface area contributed by atoms with Crippen molar-refractivity contribution in [1.82, 2.24) is 0 Å². The Morgan fingerprint density at radius 3 is 1.14 bits per heavy atom. The molecule has 0 saturated carbocycles. The Balaban J connectivity index is 3.92. The number of hydrogen-bond donors (Lipinski definition) is 0. The van der Waals surface area contributed by atoms with E-state index in [1.54, 1.807) is 0 Å². The lowest BCUT2D eigenvalue weighted by atomic mass is 10.0. The van der Waals surface area contributed by atoms with Crippen molar-refractivity contribution in [3.63, 3.8) is 0 Å². The highest BCUT2D eigenvalue weighted by atomic mass is 31.2. The molecule has 10 heteroatoms. The average molecular weight is 1050 g/mol. The SMILES string of the molecule is CCCC/C=C\C/C=C\CCCCCCCC(=O)OC(COC(=O)CCCCCCCCCCCCCCCCCCCCCCCCC/C=C\CCCCCCCCCC)COP(=O)([O-])OCC[N+](C)(C)C. The van der Waals surface area contributed by atoms with E-state index in [1.165, 1.54) is 205 Å². The van der Waals surface area contributed by atoms with Gasteiger partial charge in [0.2, 0.25) is 0 Å². The largest absolute Gasteiger partial charge is 0.756 e. The number of ether oxygens (including phenoxy) is 2. The summed E-state index contributed by atoms with van der Waals surface area (Å²) in [6.07, 6.45) is 68.0. The Kier molecular flexibility index (Phi) is 53.7. The van der Waals surface area contributed by atoms with Gasteiger partial charge in [-0.05, 0) is 64.2 Å². The summed E-state index contributed by atoms with van der Waals surface area (Å²) in [6, 6.07) is 0. The van der Waals surface area contributed by atoms with Gasteiger partial charge in [-0.2, -0.15) is 0 Å². The van der Waals surface area contributed by atoms with Crippen LogP contribution in [-0.2, 0) is 32.7 Å². The monoisotopic (exact) mass is 1050 g/mol. The van der Waals surface area contributed by atoms with Crippen LogP contribution in [0.2, 0.25) is 0 Å². The summed E-state index contributed by atoms with van der Waals surface area (Å²) >= 11 is 0. The quantitative estimate of drug-likeness (QED) is 0.0195. The van der Waals surface area contributed by atoms with Crippen LogP contribution in [0, 0.1) is 0 Å². The first-order chi connectivity index (χ1) is 35.5. The van der Waals surface area contributed by atoms with E-state index < -0.39 is 26.5 Å². The molecule has 0 aliphatic rings. The minimum absolute atomic E-state index is 0.0323. The standard InChI is InChI=1S/C63H120NO8P/c1-6-8-10-12-14-16-18-20-22-23-24-25-26-27-28-29-30-31-32-33-34-35-36-37-38-39-40-41-42-44-45-47-49-51-53-55-62(65)69-59-61(60-71-73(67,68)70-58-57-64(3,4)5)72-63(66)56-54-52-50-48-46-43-21-19-17-15-13-11-9-7-2/h13,15,19,21,23-24,61H,6-12,14,16-18,20,22,25-60H2,1-5H3/b15-13-,21-19-,24-23-. The van der Waals surface area contributed by atoms with Crippen molar-refractivity contribution in [1.29, 1.82) is 0 Å². The molecule has 0 aromatic heterocycles. The number of quaternary nitrogens is 1. The lowest BCUT2D eigenvalue weighted by Crippen LogP contribution is -2.37. The van der Waals surface area contributed by atoms with Gasteiger partial charge >= 0.3 is 11.9 Å². The van der Waals surface area contributed by atoms with Gasteiger partial charge in [-0.1, -0.05) is 262 Å². The van der Waals surface area contributed by atoms with Gasteiger partial charge in [0, 0.05) is 12.8 Å². The number of carbonyl (C=O) groups excluding carboxylic acids is 2. The van der Waals surface area contributed by atoms with Gasteiger partial charge in [-0.15, -0.1) is 0 Å². The highest BCUT2D eigenvalue weighted by Gasteiger charge is 2.22. The number of esters is 2. The van der Waals surface area contributed by atoms with Crippen LogP contribution in [0.15, 0.2) is 36.5 Å². The van der Waals surface area contributed by atoms with Crippen LogP contribution in [0.25, 0.3) is 0 Å². The normalized spacial score (nSPS) is 13.5. The van der Waals surface area contributed by atoms with Gasteiger partial charge in [-0.25, -0.2) is 0 Å². The van der Waals surface area contributed by atoms with Crippen LogP contribution >= 0.6 is 7.82 Å². The highest BCUT2D eigenvalue weighted by Crippen LogP contribution is 2.38. The summed E-state index contributed by atoms with van der Waals surface area (Å²) < 4.78 is 34.1. The van der Waals surface area contributed by atoms with Crippen LogP contribution in [0.1, 0.15) is 303 Å². The summed E-state index contributed by atoms with van der Waals surface area (Å²) in [5.41, 5.74) is 0. The van der Waals surface area contributed by atoms with Crippen molar-refractivity contribution in [2.24, 2.45) is 0 Å². The smallest absolute Gasteiger partial charge is 0.306 e. The van der Waals surface area contributed by atoms with E-state index in [0.717, 1.165) is 64.2 Å². The van der Waals surface area contributed by atoms with Gasteiger partial charge in [0.25, 0.3) is 7.82 Å². The maximum atomic E-state index is 12.7. The molecule has 73 heavy (non-hydrogen) atoms. The predicted molar refractivity (Wildman–Crippen MR) is 310 cm³/mol. The van der Waals surface area contributed by atoms with Gasteiger partial charge in [0.1, 0.15) is 19.8 Å². The topological polar surface area (TPSA) is 111 Å². The van der Waals surface area contributed by atoms with E-state index in [9.17, 15) is 19.0 Å². The molecule has 0 bridgehead atoms. The minimum atomic E-state index is -4.63. The molecular weight excluding hydrogens is 930 g/mol. The average Bonchev–Trinajstić information content (AvgIpc) is 3.35. The number of nitrogens with zero attached hydrogens (tertiary/aromatic N) is 1. The number of carbonyl (C=O) groups is 2. The summed E-state index contributed by atoms with van der Waals surface area (Å²) in [6.45, 7) is 4.21. The lowest BCUT2D eigenvalue weighted by Gasteiger charge is -2.28. The molecule has 2 atom stereocenters. The van der Waals surface area contributed by atoms with Crippen LogP contribution in [0.5, 0.6) is 0 Å². The van der Waals surface area contributed by atoms with Crippen molar-refractivity contribution >= 4 is 19.8 Å². The number of likely N-dealkylation sites (N-methyl/N-ethyl adjacent to an activating group) is 1. The molecule has 430 valence electrons. The third kappa shape index (κ3) is 59.3. The summed E-state index contributed by atoms with van der Waals surface area (Å²) in [5.74, 6) is -0.838. The van der Waals surface area contributed by atoms with Crippen molar-refractivity contribution in [2.75, 3.05) is 47.5 Å². The molecule has 0 aliphatic carbocycles. The van der Waals surface area contributed by atoms with Crippen LogP contribution in [0.3, 0.4) is 0 Å². The molecule has 0 heterocycles. The third-order valence-electron chi connectivity index (χ3n) is 13.9. The third-order valence-corrected chi connectivity index (χ3v) is 14.8. The van der Waals surface area contributed by atoms with Gasteiger partial charge < -0.3 is 27.9 Å². The molecule has 0 spiro atoms. The molecule has 2 unspecified atom stereocenters. The molecule has 0 rings (SSSR count). The highest BCUT2D eigenvalue weighted by molar-refractivity contribution is 7.45. The number of allylic oxidation sites excluding steroid dienone is 6.